The summed E-state index contributed by atoms with van der Waals surface area (Å²) in [5.41, 5.74) is -1.65. The number of aromatic nitrogens is 4. The van der Waals surface area contributed by atoms with Crippen molar-refractivity contribution in [2.45, 2.75) is 0 Å². The number of nitrogens with one attached hydrogen (secondary N) is 4. The Kier molecular flexibility index (Phi) is 5.13. The monoisotopic (exact) mass is 214 g/mol. The molecule has 0 atom stereocenters. The first-order valence-electron chi connectivity index (χ1n) is 3.11. The molecule has 4 N–H and O–H groups in total. The van der Waals surface area contributed by atoms with Crippen LogP contribution in [-0.2, 0) is 0 Å². The van der Waals surface area contributed by atoms with Gasteiger partial charge in [0.05, 0.1) is 0 Å². The molecular formula is C5H4N4Na2O3. The second-order valence-corrected chi connectivity index (χ2v) is 2.24. The molecule has 2 rings (SSSR count). The van der Waals surface area contributed by atoms with Crippen molar-refractivity contribution >= 4 is 70.3 Å². The van der Waals surface area contributed by atoms with Gasteiger partial charge in [0.1, 0.15) is 11.2 Å². The topological polar surface area (TPSA) is 114 Å². The minimum absolute atomic E-state index is 0. The van der Waals surface area contributed by atoms with E-state index in [0.717, 1.165) is 0 Å². The van der Waals surface area contributed by atoms with Gasteiger partial charge in [-0.25, -0.2) is 9.59 Å². The molecule has 14 heavy (non-hydrogen) atoms. The average Bonchev–Trinajstić information content (AvgIpc) is 2.29. The van der Waals surface area contributed by atoms with Gasteiger partial charge < -0.3 is 0 Å². The van der Waals surface area contributed by atoms with Gasteiger partial charge in [0.2, 0.25) is 0 Å². The second-order valence-electron chi connectivity index (χ2n) is 2.24. The average molecular weight is 214 g/mol. The fourth-order valence-electron chi connectivity index (χ4n) is 0.958. The summed E-state index contributed by atoms with van der Waals surface area (Å²) in [7, 11) is 0. The summed E-state index contributed by atoms with van der Waals surface area (Å²) >= 11 is 0. The summed E-state index contributed by atoms with van der Waals surface area (Å²) in [6, 6.07) is 0. The van der Waals surface area contributed by atoms with E-state index in [1.165, 1.54) is 0 Å². The third kappa shape index (κ3) is 2.50. The number of fused-ring (bicyclic) bond motifs is 1. The second kappa shape index (κ2) is 5.15. The molecule has 0 spiro atoms. The van der Waals surface area contributed by atoms with Crippen LogP contribution in [-0.4, -0.2) is 79.1 Å². The summed E-state index contributed by atoms with van der Waals surface area (Å²) in [4.78, 5) is 41.0. The van der Waals surface area contributed by atoms with Gasteiger partial charge in [-0.2, -0.15) is 0 Å². The van der Waals surface area contributed by atoms with E-state index in [9.17, 15) is 14.4 Å². The van der Waals surface area contributed by atoms with Gasteiger partial charge in [0.15, 0.2) is 0 Å². The van der Waals surface area contributed by atoms with Gasteiger partial charge >= 0.3 is 11.4 Å². The summed E-state index contributed by atoms with van der Waals surface area (Å²) in [5, 5.41) is 0. The molecule has 0 fully saturated rings. The van der Waals surface area contributed by atoms with Crippen LogP contribution in [0.1, 0.15) is 0 Å². The molecule has 0 aliphatic heterocycles. The van der Waals surface area contributed by atoms with Crippen LogP contribution in [0.3, 0.4) is 0 Å². The van der Waals surface area contributed by atoms with Crippen LogP contribution in [0.25, 0.3) is 11.2 Å². The normalized spacial score (nSPS) is 9.14. The molecule has 0 aromatic carbocycles. The molecule has 0 unspecified atom stereocenters. The molecule has 0 aliphatic rings. The largest absolute Gasteiger partial charge is 0.327 e. The van der Waals surface area contributed by atoms with E-state index in [-0.39, 0.29) is 70.3 Å². The number of hydrogen-bond acceptors (Lipinski definition) is 3. The fraction of sp³-hybridized carbons (Fsp3) is 0. The zero-order valence-corrected chi connectivity index (χ0v) is 11.7. The minimum Gasteiger partial charge on any atom is -0.300 e. The van der Waals surface area contributed by atoms with Crippen LogP contribution in [0, 0.1) is 0 Å². The minimum atomic E-state index is -0.650. The van der Waals surface area contributed by atoms with Gasteiger partial charge in [0, 0.05) is 59.1 Å². The van der Waals surface area contributed by atoms with Crippen molar-refractivity contribution in [2.24, 2.45) is 0 Å². The van der Waals surface area contributed by atoms with E-state index >= 15 is 0 Å². The fourth-order valence-corrected chi connectivity index (χ4v) is 0.958. The number of imidazole rings is 1. The third-order valence-corrected chi connectivity index (χ3v) is 1.42. The standard InChI is InChI=1S/C5H4N4O3.2Na/c10-3-1-2(7-4(11)6-1)8-5(12)9-3;;/h(H4,6,7,8,9,10,11,12);;. The van der Waals surface area contributed by atoms with Crippen molar-refractivity contribution < 1.29 is 0 Å². The Balaban J connectivity index is 0.000000845. The molecule has 2 aromatic rings. The van der Waals surface area contributed by atoms with Gasteiger partial charge in [-0.15, -0.1) is 0 Å². The van der Waals surface area contributed by atoms with E-state index in [1.807, 2.05) is 4.98 Å². The number of rotatable bonds is 0. The molecule has 0 amide bonds. The zero-order valence-electron chi connectivity index (χ0n) is 7.72. The Hall–Kier alpha value is -0.0500. The zero-order chi connectivity index (χ0) is 8.72. The first kappa shape index (κ1) is 13.9. The van der Waals surface area contributed by atoms with E-state index in [2.05, 4.69) is 15.0 Å². The van der Waals surface area contributed by atoms with E-state index in [1.54, 1.807) is 0 Å². The molecule has 0 aliphatic carbocycles. The Bertz CT molecular complexity index is 591. The molecular weight excluding hydrogens is 210 g/mol. The molecule has 7 nitrogen and oxygen atoms in total. The van der Waals surface area contributed by atoms with Crippen LogP contribution >= 0.6 is 0 Å². The first-order chi connectivity index (χ1) is 5.66. The Labute approximate surface area is 120 Å². The maximum absolute atomic E-state index is 10.9. The van der Waals surface area contributed by atoms with Crippen LogP contribution in [0.5, 0.6) is 0 Å². The number of H-pyrrole nitrogens is 4. The SMILES string of the molecule is O=c1[nH]c(=O)c2[nH]c(=O)[nH]c2[nH]1.[Na].[Na]. The first-order valence-corrected chi connectivity index (χ1v) is 3.11. The molecule has 9 heteroatoms. The van der Waals surface area contributed by atoms with Crippen molar-refractivity contribution in [3.05, 3.63) is 31.3 Å². The number of hydrogen-bond donors (Lipinski definition) is 4. The predicted octanol–water partition coefficient (Wildman–Crippen LogP) is -2.53. The smallest absolute Gasteiger partial charge is 0.300 e. The van der Waals surface area contributed by atoms with Crippen LogP contribution < -0.4 is 16.9 Å². The maximum Gasteiger partial charge on any atom is 0.327 e. The van der Waals surface area contributed by atoms with Crippen molar-refractivity contribution in [1.82, 2.24) is 19.9 Å². The third-order valence-electron chi connectivity index (χ3n) is 1.42. The summed E-state index contributed by atoms with van der Waals surface area (Å²) in [5.74, 6) is 0. The van der Waals surface area contributed by atoms with Gasteiger partial charge in [-0.3, -0.25) is 24.7 Å². The van der Waals surface area contributed by atoms with Crippen LogP contribution in [0.4, 0.5) is 0 Å². The molecule has 2 radical (unpaired) electrons. The number of aromatic amines is 4. The maximum atomic E-state index is 10.9. The van der Waals surface area contributed by atoms with Gasteiger partial charge in [-0.05, 0) is 0 Å². The van der Waals surface area contributed by atoms with Gasteiger partial charge in [-0.1, -0.05) is 0 Å². The summed E-state index contributed by atoms with van der Waals surface area (Å²) in [6.07, 6.45) is 0. The summed E-state index contributed by atoms with van der Waals surface area (Å²) < 4.78 is 0. The molecule has 0 bridgehead atoms. The van der Waals surface area contributed by atoms with Crippen LogP contribution in [0.15, 0.2) is 14.4 Å². The Morgan fingerprint density at radius 1 is 0.714 bits per heavy atom. The predicted molar refractivity (Wildman–Crippen MR) is 51.7 cm³/mol. The van der Waals surface area contributed by atoms with Crippen molar-refractivity contribution in [3.8, 4) is 0 Å². The van der Waals surface area contributed by atoms with E-state index < -0.39 is 16.9 Å². The molecule has 2 aromatic heterocycles. The molecule has 64 valence electrons. The molecule has 0 saturated heterocycles. The van der Waals surface area contributed by atoms with Crippen molar-refractivity contribution in [1.29, 1.82) is 0 Å². The Morgan fingerprint density at radius 2 is 1.21 bits per heavy atom. The van der Waals surface area contributed by atoms with E-state index in [0.29, 0.717) is 0 Å². The van der Waals surface area contributed by atoms with Crippen molar-refractivity contribution in [2.75, 3.05) is 0 Å². The molecule has 0 saturated carbocycles. The molecule has 2 heterocycles. The quantitative estimate of drug-likeness (QED) is 0.362. The van der Waals surface area contributed by atoms with Crippen molar-refractivity contribution in [3.63, 3.8) is 0 Å². The van der Waals surface area contributed by atoms with Crippen LogP contribution in [0.2, 0.25) is 0 Å². The van der Waals surface area contributed by atoms with E-state index in [4.69, 9.17) is 0 Å². The Morgan fingerprint density at radius 3 is 1.79 bits per heavy atom. The van der Waals surface area contributed by atoms with Gasteiger partial charge in [0.25, 0.3) is 5.56 Å². The summed E-state index contributed by atoms with van der Waals surface area (Å²) in [6.45, 7) is 0.